The first-order valence-electron chi connectivity index (χ1n) is 8.33. The first-order valence-corrected chi connectivity index (χ1v) is 8.33. The zero-order valence-corrected chi connectivity index (χ0v) is 12.8. The van der Waals surface area contributed by atoms with Crippen LogP contribution in [0.4, 0.5) is 10.5 Å². The molecule has 0 bridgehead atoms. The minimum Gasteiger partial charge on any atom is -0.493 e. The lowest BCUT2D eigenvalue weighted by Gasteiger charge is -2.22. The van der Waals surface area contributed by atoms with E-state index in [-0.39, 0.29) is 6.03 Å². The van der Waals surface area contributed by atoms with Gasteiger partial charge in [-0.3, -0.25) is 0 Å². The highest BCUT2D eigenvalue weighted by molar-refractivity contribution is 5.93. The van der Waals surface area contributed by atoms with Gasteiger partial charge in [0.05, 0.1) is 18.9 Å². The molecule has 118 valence electrons. The summed E-state index contributed by atoms with van der Waals surface area (Å²) in [6, 6.07) is 2.08. The maximum atomic E-state index is 12.6. The van der Waals surface area contributed by atoms with Crippen molar-refractivity contribution >= 4 is 11.7 Å². The number of fused-ring (bicyclic) bond motifs is 2. The van der Waals surface area contributed by atoms with Crippen LogP contribution in [0.3, 0.4) is 0 Å². The molecule has 1 fully saturated rings. The number of rotatable bonds is 1. The van der Waals surface area contributed by atoms with Crippen molar-refractivity contribution in [2.24, 2.45) is 0 Å². The number of carbonyl (C=O) groups is 1. The highest BCUT2D eigenvalue weighted by atomic mass is 16.5. The van der Waals surface area contributed by atoms with Gasteiger partial charge in [-0.1, -0.05) is 12.8 Å². The maximum absolute atomic E-state index is 12.6. The van der Waals surface area contributed by atoms with Crippen molar-refractivity contribution in [3.8, 4) is 11.5 Å². The van der Waals surface area contributed by atoms with E-state index in [0.717, 1.165) is 67.1 Å². The van der Waals surface area contributed by atoms with Gasteiger partial charge in [-0.15, -0.1) is 0 Å². The summed E-state index contributed by atoms with van der Waals surface area (Å²) in [6.07, 6.45) is 6.35. The van der Waals surface area contributed by atoms with Crippen LogP contribution < -0.4 is 14.8 Å². The van der Waals surface area contributed by atoms with Crippen molar-refractivity contribution in [1.82, 2.24) is 4.90 Å². The molecule has 5 nitrogen and oxygen atoms in total. The number of hydrogen-bond donors (Lipinski definition) is 1. The predicted molar refractivity (Wildman–Crippen MR) is 83.9 cm³/mol. The lowest BCUT2D eigenvalue weighted by molar-refractivity contribution is 0.213. The largest absolute Gasteiger partial charge is 0.493 e. The Hall–Kier alpha value is -1.91. The number of nitrogens with zero attached hydrogens (tertiary/aromatic N) is 1. The van der Waals surface area contributed by atoms with E-state index in [1.54, 1.807) is 0 Å². The standard InChI is InChI=1S/C17H22N2O3/c20-17(19-7-3-1-2-4-8-19)18-15-13-6-10-21-14(13)11-12-5-9-22-16(12)15/h11H,1-10H2,(H,18,20). The summed E-state index contributed by atoms with van der Waals surface area (Å²) in [5.74, 6) is 1.77. The average Bonchev–Trinajstić information content (AvgIpc) is 3.09. The molecule has 0 spiro atoms. The van der Waals surface area contributed by atoms with Crippen molar-refractivity contribution in [3.63, 3.8) is 0 Å². The van der Waals surface area contributed by atoms with Gasteiger partial charge in [-0.05, 0) is 18.9 Å². The quantitative estimate of drug-likeness (QED) is 0.867. The molecule has 0 atom stereocenters. The molecule has 3 heterocycles. The van der Waals surface area contributed by atoms with E-state index in [0.29, 0.717) is 13.2 Å². The SMILES string of the molecule is O=C(Nc1c2c(cc3c1OCC3)OCC2)N1CCCCCC1. The predicted octanol–water partition coefficient (Wildman–Crippen LogP) is 2.96. The number of urea groups is 1. The normalized spacial score (nSPS) is 19.7. The molecular weight excluding hydrogens is 280 g/mol. The van der Waals surface area contributed by atoms with Crippen molar-refractivity contribution in [2.45, 2.75) is 38.5 Å². The summed E-state index contributed by atoms with van der Waals surface area (Å²) in [7, 11) is 0. The highest BCUT2D eigenvalue weighted by Gasteiger charge is 2.28. The second-order valence-electron chi connectivity index (χ2n) is 6.24. The second-order valence-corrected chi connectivity index (χ2v) is 6.24. The third-order valence-corrected chi connectivity index (χ3v) is 4.78. The number of benzene rings is 1. The van der Waals surface area contributed by atoms with E-state index < -0.39 is 0 Å². The van der Waals surface area contributed by atoms with Gasteiger partial charge in [0.1, 0.15) is 11.5 Å². The first-order chi connectivity index (χ1) is 10.8. The molecule has 0 unspecified atom stereocenters. The van der Waals surface area contributed by atoms with E-state index >= 15 is 0 Å². The van der Waals surface area contributed by atoms with Gasteiger partial charge in [0, 0.05) is 37.1 Å². The lowest BCUT2D eigenvalue weighted by atomic mass is 10.0. The molecule has 3 aliphatic rings. The molecule has 1 aromatic rings. The Morgan fingerprint density at radius 2 is 1.82 bits per heavy atom. The average molecular weight is 302 g/mol. The number of hydrogen-bond acceptors (Lipinski definition) is 3. The molecule has 1 saturated heterocycles. The van der Waals surface area contributed by atoms with Crippen LogP contribution in [0.25, 0.3) is 0 Å². The van der Waals surface area contributed by atoms with Gasteiger partial charge in [-0.25, -0.2) is 4.79 Å². The first kappa shape index (κ1) is 13.7. The van der Waals surface area contributed by atoms with E-state index in [4.69, 9.17) is 9.47 Å². The van der Waals surface area contributed by atoms with E-state index in [2.05, 4.69) is 11.4 Å². The number of anilines is 1. The van der Waals surface area contributed by atoms with Crippen LogP contribution in [0.5, 0.6) is 11.5 Å². The fraction of sp³-hybridized carbons (Fsp3) is 0.588. The van der Waals surface area contributed by atoms with Crippen LogP contribution in [0, 0.1) is 0 Å². The summed E-state index contributed by atoms with van der Waals surface area (Å²) in [5.41, 5.74) is 3.08. The molecule has 0 aliphatic carbocycles. The molecule has 2 amide bonds. The zero-order valence-electron chi connectivity index (χ0n) is 12.8. The number of amides is 2. The fourth-order valence-corrected chi connectivity index (χ4v) is 3.58. The second kappa shape index (κ2) is 5.71. The van der Waals surface area contributed by atoms with E-state index in [9.17, 15) is 4.79 Å². The van der Waals surface area contributed by atoms with Crippen LogP contribution in [-0.4, -0.2) is 37.2 Å². The van der Waals surface area contributed by atoms with Gasteiger partial charge in [-0.2, -0.15) is 0 Å². The minimum atomic E-state index is -0.0000926. The summed E-state index contributed by atoms with van der Waals surface area (Å²) < 4.78 is 11.5. The highest BCUT2D eigenvalue weighted by Crippen LogP contribution is 2.44. The lowest BCUT2D eigenvalue weighted by Crippen LogP contribution is -2.35. The Kier molecular flexibility index (Phi) is 3.56. The molecule has 4 rings (SSSR count). The minimum absolute atomic E-state index is 0.0000926. The zero-order chi connectivity index (χ0) is 14.9. The molecule has 3 aliphatic heterocycles. The van der Waals surface area contributed by atoms with Crippen molar-refractivity contribution < 1.29 is 14.3 Å². The molecule has 5 heteroatoms. The topological polar surface area (TPSA) is 50.8 Å². The molecular formula is C17H22N2O3. The van der Waals surface area contributed by atoms with E-state index in [1.807, 2.05) is 4.90 Å². The molecule has 0 aromatic heterocycles. The number of nitrogens with one attached hydrogen (secondary N) is 1. The van der Waals surface area contributed by atoms with Crippen molar-refractivity contribution in [2.75, 3.05) is 31.6 Å². The number of ether oxygens (including phenoxy) is 2. The molecule has 0 saturated carbocycles. The Bertz CT molecular complexity index is 560. The third-order valence-electron chi connectivity index (χ3n) is 4.78. The summed E-state index contributed by atoms with van der Waals surface area (Å²) in [6.45, 7) is 3.07. The van der Waals surface area contributed by atoms with Gasteiger partial charge >= 0.3 is 6.03 Å². The van der Waals surface area contributed by atoms with E-state index in [1.165, 1.54) is 12.8 Å². The van der Waals surface area contributed by atoms with Crippen molar-refractivity contribution in [1.29, 1.82) is 0 Å². The Morgan fingerprint density at radius 3 is 2.64 bits per heavy atom. The smallest absolute Gasteiger partial charge is 0.321 e. The summed E-state index contributed by atoms with van der Waals surface area (Å²) >= 11 is 0. The molecule has 22 heavy (non-hydrogen) atoms. The van der Waals surface area contributed by atoms with Gasteiger partial charge in [0.15, 0.2) is 0 Å². The number of likely N-dealkylation sites (tertiary alicyclic amines) is 1. The Morgan fingerprint density at radius 1 is 1.05 bits per heavy atom. The molecule has 1 N–H and O–H groups in total. The Balaban J connectivity index is 1.61. The molecule has 1 aromatic carbocycles. The van der Waals surface area contributed by atoms with Crippen LogP contribution >= 0.6 is 0 Å². The summed E-state index contributed by atoms with van der Waals surface area (Å²) in [5, 5.41) is 3.12. The van der Waals surface area contributed by atoms with Crippen LogP contribution in [0.2, 0.25) is 0 Å². The maximum Gasteiger partial charge on any atom is 0.321 e. The van der Waals surface area contributed by atoms with Gasteiger partial charge in [0.25, 0.3) is 0 Å². The Labute approximate surface area is 130 Å². The fourth-order valence-electron chi connectivity index (χ4n) is 3.58. The van der Waals surface area contributed by atoms with Crippen LogP contribution in [-0.2, 0) is 12.8 Å². The third kappa shape index (κ3) is 2.38. The number of carbonyl (C=O) groups excluding carboxylic acids is 1. The van der Waals surface area contributed by atoms with Gasteiger partial charge < -0.3 is 19.7 Å². The van der Waals surface area contributed by atoms with Crippen LogP contribution in [0.15, 0.2) is 6.07 Å². The summed E-state index contributed by atoms with van der Waals surface area (Å²) in [4.78, 5) is 14.6. The van der Waals surface area contributed by atoms with Crippen molar-refractivity contribution in [3.05, 3.63) is 17.2 Å². The molecule has 0 radical (unpaired) electrons. The monoisotopic (exact) mass is 302 g/mol. The van der Waals surface area contributed by atoms with Gasteiger partial charge in [0.2, 0.25) is 0 Å². The van der Waals surface area contributed by atoms with Crippen LogP contribution in [0.1, 0.15) is 36.8 Å².